The van der Waals surface area contributed by atoms with Crippen molar-refractivity contribution in [3.05, 3.63) is 42.2 Å². The Balaban J connectivity index is 1.87. The average Bonchev–Trinajstić information content (AvgIpc) is 3.01. The van der Waals surface area contributed by atoms with Gasteiger partial charge in [0.05, 0.1) is 17.9 Å². The van der Waals surface area contributed by atoms with Crippen LogP contribution in [0.3, 0.4) is 0 Å². The summed E-state index contributed by atoms with van der Waals surface area (Å²) in [4.78, 5) is 1.69. The predicted octanol–water partition coefficient (Wildman–Crippen LogP) is 1.69. The van der Waals surface area contributed by atoms with Crippen LogP contribution in [-0.2, 0) is 0 Å². The molecule has 1 aliphatic rings. The lowest BCUT2D eigenvalue weighted by atomic mass is 10.2. The number of nitrogens with zero attached hydrogens (tertiary/aromatic N) is 3. The van der Waals surface area contributed by atoms with E-state index in [1.807, 2.05) is 36.5 Å². The highest BCUT2D eigenvalue weighted by Crippen LogP contribution is 2.20. The molecule has 0 saturated carbocycles. The van der Waals surface area contributed by atoms with Crippen molar-refractivity contribution in [3.63, 3.8) is 0 Å². The number of benzene rings is 1. The van der Waals surface area contributed by atoms with E-state index in [1.54, 1.807) is 4.80 Å². The summed E-state index contributed by atoms with van der Waals surface area (Å²) < 4.78 is 0. The monoisotopic (exact) mass is 214 g/mol. The smallest absolute Gasteiger partial charge is 0.100 e. The van der Waals surface area contributed by atoms with Crippen LogP contribution in [-0.4, -0.2) is 21.5 Å². The van der Waals surface area contributed by atoms with E-state index < -0.39 is 0 Å². The van der Waals surface area contributed by atoms with Crippen molar-refractivity contribution >= 4 is 0 Å². The van der Waals surface area contributed by atoms with Crippen molar-refractivity contribution in [2.24, 2.45) is 0 Å². The highest BCUT2D eigenvalue weighted by Gasteiger charge is 2.19. The van der Waals surface area contributed by atoms with Gasteiger partial charge in [-0.15, -0.1) is 0 Å². The molecule has 1 saturated heterocycles. The van der Waals surface area contributed by atoms with Gasteiger partial charge in [0.15, 0.2) is 0 Å². The second-order valence-electron chi connectivity index (χ2n) is 4.04. The minimum Gasteiger partial charge on any atom is -0.309 e. The molecule has 0 spiro atoms. The van der Waals surface area contributed by atoms with Crippen LogP contribution in [0.15, 0.2) is 36.5 Å². The predicted molar refractivity (Wildman–Crippen MR) is 61.3 cm³/mol. The Bertz CT molecular complexity index is 457. The van der Waals surface area contributed by atoms with E-state index in [0.29, 0.717) is 6.04 Å². The molecule has 0 bridgehead atoms. The van der Waals surface area contributed by atoms with Crippen LogP contribution in [0.5, 0.6) is 0 Å². The van der Waals surface area contributed by atoms with Crippen LogP contribution >= 0.6 is 0 Å². The summed E-state index contributed by atoms with van der Waals surface area (Å²) in [7, 11) is 0. The zero-order chi connectivity index (χ0) is 10.8. The van der Waals surface area contributed by atoms with Gasteiger partial charge >= 0.3 is 0 Å². The van der Waals surface area contributed by atoms with Crippen molar-refractivity contribution in [3.8, 4) is 5.69 Å². The van der Waals surface area contributed by atoms with E-state index in [2.05, 4.69) is 15.5 Å². The molecule has 1 unspecified atom stereocenters. The van der Waals surface area contributed by atoms with Gasteiger partial charge in [-0.05, 0) is 31.5 Å². The van der Waals surface area contributed by atoms with Crippen LogP contribution in [0.1, 0.15) is 24.6 Å². The summed E-state index contributed by atoms with van der Waals surface area (Å²) >= 11 is 0. The number of rotatable bonds is 2. The summed E-state index contributed by atoms with van der Waals surface area (Å²) in [5.74, 6) is 0. The summed E-state index contributed by atoms with van der Waals surface area (Å²) in [5.41, 5.74) is 2.05. The normalized spacial score (nSPS) is 20.1. The van der Waals surface area contributed by atoms with Gasteiger partial charge in [0, 0.05) is 0 Å². The third-order valence-corrected chi connectivity index (χ3v) is 2.91. The first-order valence-electron chi connectivity index (χ1n) is 5.64. The van der Waals surface area contributed by atoms with E-state index in [4.69, 9.17) is 0 Å². The SMILES string of the molecule is c1ccc(-n2ncc(C3CCCN3)n2)cc1. The Hall–Kier alpha value is -1.68. The Morgan fingerprint density at radius 3 is 2.88 bits per heavy atom. The maximum atomic E-state index is 4.51. The maximum Gasteiger partial charge on any atom is 0.100 e. The molecule has 0 aliphatic carbocycles. The zero-order valence-corrected chi connectivity index (χ0v) is 9.00. The van der Waals surface area contributed by atoms with Crippen molar-refractivity contribution in [2.45, 2.75) is 18.9 Å². The number of para-hydroxylation sites is 1. The molecule has 1 aromatic carbocycles. The average molecular weight is 214 g/mol. The molecule has 4 nitrogen and oxygen atoms in total. The zero-order valence-electron chi connectivity index (χ0n) is 9.00. The van der Waals surface area contributed by atoms with Crippen molar-refractivity contribution in [1.29, 1.82) is 0 Å². The fourth-order valence-electron chi connectivity index (χ4n) is 2.06. The molecule has 0 amide bonds. The molecule has 4 heteroatoms. The van der Waals surface area contributed by atoms with E-state index in [1.165, 1.54) is 6.42 Å². The van der Waals surface area contributed by atoms with Crippen molar-refractivity contribution in [1.82, 2.24) is 20.3 Å². The minimum atomic E-state index is 0.387. The lowest BCUT2D eigenvalue weighted by molar-refractivity contribution is 0.613. The van der Waals surface area contributed by atoms with Gasteiger partial charge in [-0.2, -0.15) is 15.0 Å². The van der Waals surface area contributed by atoms with Gasteiger partial charge < -0.3 is 5.32 Å². The van der Waals surface area contributed by atoms with E-state index in [-0.39, 0.29) is 0 Å². The third kappa shape index (κ3) is 1.72. The molecule has 1 aliphatic heterocycles. The van der Waals surface area contributed by atoms with Crippen LogP contribution < -0.4 is 5.32 Å². The second-order valence-corrected chi connectivity index (χ2v) is 4.04. The van der Waals surface area contributed by atoms with Gasteiger partial charge in [0.2, 0.25) is 0 Å². The van der Waals surface area contributed by atoms with Gasteiger partial charge in [-0.1, -0.05) is 18.2 Å². The van der Waals surface area contributed by atoms with Crippen molar-refractivity contribution in [2.75, 3.05) is 6.54 Å². The summed E-state index contributed by atoms with van der Waals surface area (Å²) in [6.07, 6.45) is 4.24. The summed E-state index contributed by atoms with van der Waals surface area (Å²) in [6, 6.07) is 10.4. The molecule has 1 aromatic heterocycles. The lowest BCUT2D eigenvalue weighted by Crippen LogP contribution is -2.13. The molecule has 2 aromatic rings. The first kappa shape index (κ1) is 9.54. The van der Waals surface area contributed by atoms with Gasteiger partial charge in [-0.3, -0.25) is 0 Å². The summed E-state index contributed by atoms with van der Waals surface area (Å²) in [5, 5.41) is 12.2. The number of nitrogens with one attached hydrogen (secondary N) is 1. The molecule has 82 valence electrons. The fourth-order valence-corrected chi connectivity index (χ4v) is 2.06. The van der Waals surface area contributed by atoms with E-state index in [9.17, 15) is 0 Å². The number of aromatic nitrogens is 3. The Labute approximate surface area is 94.3 Å². The number of hydrogen-bond acceptors (Lipinski definition) is 3. The highest BCUT2D eigenvalue weighted by molar-refractivity contribution is 5.28. The van der Waals surface area contributed by atoms with Gasteiger partial charge in [0.25, 0.3) is 0 Å². The largest absolute Gasteiger partial charge is 0.309 e. The molecule has 2 heterocycles. The molecular formula is C12H14N4. The van der Waals surface area contributed by atoms with Crippen LogP contribution in [0.4, 0.5) is 0 Å². The first-order valence-corrected chi connectivity index (χ1v) is 5.64. The molecular weight excluding hydrogens is 200 g/mol. The second kappa shape index (κ2) is 4.06. The number of hydrogen-bond donors (Lipinski definition) is 1. The van der Waals surface area contributed by atoms with Crippen molar-refractivity contribution < 1.29 is 0 Å². The highest BCUT2D eigenvalue weighted by atomic mass is 15.5. The topological polar surface area (TPSA) is 42.7 Å². The standard InChI is InChI=1S/C12H14N4/c1-2-5-10(6-3-1)16-14-9-12(15-16)11-7-4-8-13-11/h1-3,5-6,9,11,13H,4,7-8H2. The molecule has 16 heavy (non-hydrogen) atoms. The van der Waals surface area contributed by atoms with Crippen LogP contribution in [0, 0.1) is 0 Å². The molecule has 1 fully saturated rings. The molecule has 1 atom stereocenters. The first-order chi connectivity index (χ1) is 7.93. The van der Waals surface area contributed by atoms with Crippen LogP contribution in [0.2, 0.25) is 0 Å². The molecule has 0 radical (unpaired) electrons. The quantitative estimate of drug-likeness (QED) is 0.827. The van der Waals surface area contributed by atoms with Gasteiger partial charge in [-0.25, -0.2) is 0 Å². The molecule has 1 N–H and O–H groups in total. The lowest BCUT2D eigenvalue weighted by Gasteiger charge is -2.04. The third-order valence-electron chi connectivity index (χ3n) is 2.91. The van der Waals surface area contributed by atoms with E-state index >= 15 is 0 Å². The Morgan fingerprint density at radius 2 is 2.12 bits per heavy atom. The minimum absolute atomic E-state index is 0.387. The van der Waals surface area contributed by atoms with Crippen LogP contribution in [0.25, 0.3) is 5.69 Å². The van der Waals surface area contributed by atoms with Gasteiger partial charge in [0.1, 0.15) is 5.69 Å². The summed E-state index contributed by atoms with van der Waals surface area (Å²) in [6.45, 7) is 1.09. The fraction of sp³-hybridized carbons (Fsp3) is 0.333. The molecule has 3 rings (SSSR count). The van der Waals surface area contributed by atoms with E-state index in [0.717, 1.165) is 24.3 Å². The Morgan fingerprint density at radius 1 is 1.25 bits per heavy atom. The maximum absolute atomic E-state index is 4.51. The Kier molecular flexibility index (Phi) is 2.42.